The van der Waals surface area contributed by atoms with Gasteiger partial charge in [0.15, 0.2) is 0 Å². The highest BCUT2D eigenvalue weighted by Crippen LogP contribution is 2.41. The summed E-state index contributed by atoms with van der Waals surface area (Å²) < 4.78 is 47.8. The number of halogens is 3. The Morgan fingerprint density at radius 1 is 1.19 bits per heavy atom. The highest BCUT2D eigenvalue weighted by molar-refractivity contribution is 5.96. The zero-order chi connectivity index (χ0) is 26.2. The number of hydrogen-bond acceptors (Lipinski definition) is 5. The van der Waals surface area contributed by atoms with Gasteiger partial charge in [-0.1, -0.05) is 0 Å². The fourth-order valence-corrected chi connectivity index (χ4v) is 4.36. The minimum atomic E-state index is -4.62. The van der Waals surface area contributed by atoms with Crippen molar-refractivity contribution in [2.24, 2.45) is 5.92 Å². The van der Waals surface area contributed by atoms with E-state index in [-0.39, 0.29) is 41.0 Å². The monoisotopic (exact) mass is 507 g/mol. The fourth-order valence-electron chi connectivity index (χ4n) is 4.36. The smallest absolute Gasteiger partial charge is 0.418 e. The number of benzene rings is 1. The SMILES string of the molecule is Cc1ccnc(C(NC(=O)c2cc(Cn3ccoc3=N)cc(-c3ncccc3C(F)(F)F)c2)C2CC2)c1. The number of hydrogen-bond donors (Lipinski definition) is 2. The van der Waals surface area contributed by atoms with Crippen molar-refractivity contribution in [3.63, 3.8) is 0 Å². The van der Waals surface area contributed by atoms with Crippen LogP contribution in [0.1, 0.15) is 51.6 Å². The molecule has 1 atom stereocenters. The van der Waals surface area contributed by atoms with Gasteiger partial charge in [0, 0.05) is 29.7 Å². The van der Waals surface area contributed by atoms with Gasteiger partial charge in [0.1, 0.15) is 6.26 Å². The molecule has 3 heterocycles. The van der Waals surface area contributed by atoms with Gasteiger partial charge in [-0.05, 0) is 79.3 Å². The third kappa shape index (κ3) is 5.47. The van der Waals surface area contributed by atoms with Crippen LogP contribution in [0, 0.1) is 18.3 Å². The number of nitrogens with one attached hydrogen (secondary N) is 2. The second-order valence-electron chi connectivity index (χ2n) is 9.20. The molecule has 190 valence electrons. The zero-order valence-electron chi connectivity index (χ0n) is 19.9. The summed E-state index contributed by atoms with van der Waals surface area (Å²) in [6.45, 7) is 2.08. The Bertz CT molecular complexity index is 1500. The summed E-state index contributed by atoms with van der Waals surface area (Å²) in [6, 6.07) is 10.3. The van der Waals surface area contributed by atoms with Crippen molar-refractivity contribution in [2.45, 2.75) is 38.5 Å². The molecule has 3 aromatic heterocycles. The van der Waals surface area contributed by atoms with Crippen molar-refractivity contribution in [1.82, 2.24) is 19.9 Å². The van der Waals surface area contributed by atoms with Crippen LogP contribution in [-0.2, 0) is 12.7 Å². The second kappa shape index (κ2) is 9.68. The molecule has 7 nitrogen and oxygen atoms in total. The van der Waals surface area contributed by atoms with Gasteiger partial charge < -0.3 is 9.73 Å². The highest BCUT2D eigenvalue weighted by Gasteiger charge is 2.36. The van der Waals surface area contributed by atoms with Gasteiger partial charge in [-0.25, -0.2) is 0 Å². The normalized spacial score (nSPS) is 14.4. The van der Waals surface area contributed by atoms with Crippen molar-refractivity contribution in [3.8, 4) is 11.3 Å². The number of amides is 1. The van der Waals surface area contributed by atoms with Crippen molar-refractivity contribution in [2.75, 3.05) is 0 Å². The van der Waals surface area contributed by atoms with Crippen LogP contribution in [0.2, 0.25) is 0 Å². The standard InChI is InChI=1S/C27H24F3N5O2/c1-16-6-8-32-22(11-16)24(18-4-5-18)34-25(36)20-13-17(15-35-9-10-37-26(35)31)12-19(14-20)23-21(27(28,29)30)3-2-7-33-23/h2-3,6-14,18,24,31H,4-5,15H2,1H3,(H,34,36). The lowest BCUT2D eigenvalue weighted by Gasteiger charge is -2.19. The molecule has 37 heavy (non-hydrogen) atoms. The average Bonchev–Trinajstić information content (AvgIpc) is 3.63. The molecule has 1 amide bonds. The predicted molar refractivity (Wildman–Crippen MR) is 128 cm³/mol. The molecule has 1 unspecified atom stereocenters. The maximum absolute atomic E-state index is 13.8. The lowest BCUT2D eigenvalue weighted by atomic mass is 9.98. The first-order chi connectivity index (χ1) is 17.7. The lowest BCUT2D eigenvalue weighted by molar-refractivity contribution is -0.137. The molecule has 0 bridgehead atoms. The summed E-state index contributed by atoms with van der Waals surface area (Å²) in [7, 11) is 0. The molecule has 0 spiro atoms. The van der Waals surface area contributed by atoms with Crippen LogP contribution in [0.4, 0.5) is 13.2 Å². The van der Waals surface area contributed by atoms with Gasteiger partial charge in [-0.3, -0.25) is 24.7 Å². The maximum Gasteiger partial charge on any atom is 0.418 e. The van der Waals surface area contributed by atoms with E-state index in [0.29, 0.717) is 5.56 Å². The Hall–Kier alpha value is -4.21. The van der Waals surface area contributed by atoms with Gasteiger partial charge in [0.05, 0.1) is 29.5 Å². The minimum absolute atomic E-state index is 0.121. The van der Waals surface area contributed by atoms with Crippen LogP contribution in [0.25, 0.3) is 11.3 Å². The van der Waals surface area contributed by atoms with Crippen LogP contribution >= 0.6 is 0 Å². The Morgan fingerprint density at radius 3 is 2.68 bits per heavy atom. The van der Waals surface area contributed by atoms with Gasteiger partial charge >= 0.3 is 6.18 Å². The van der Waals surface area contributed by atoms with Crippen molar-refractivity contribution < 1.29 is 22.4 Å². The molecule has 5 rings (SSSR count). The number of rotatable bonds is 7. The molecule has 0 radical (unpaired) electrons. The average molecular weight is 508 g/mol. The fraction of sp³-hybridized carbons (Fsp3) is 0.259. The van der Waals surface area contributed by atoms with Gasteiger partial charge in [-0.2, -0.15) is 13.2 Å². The largest absolute Gasteiger partial charge is 0.432 e. The summed E-state index contributed by atoms with van der Waals surface area (Å²) in [5, 5.41) is 10.9. The number of carbonyl (C=O) groups excluding carboxylic acids is 1. The zero-order valence-corrected chi connectivity index (χ0v) is 19.9. The molecule has 10 heteroatoms. The van der Waals surface area contributed by atoms with E-state index >= 15 is 0 Å². The Balaban J connectivity index is 1.55. The first-order valence-corrected chi connectivity index (χ1v) is 11.8. The van der Waals surface area contributed by atoms with Crippen LogP contribution in [0.5, 0.6) is 0 Å². The van der Waals surface area contributed by atoms with Crippen molar-refractivity contribution >= 4 is 5.91 Å². The van der Waals surface area contributed by atoms with Crippen LogP contribution in [0.15, 0.2) is 71.7 Å². The number of nitrogens with zero attached hydrogens (tertiary/aromatic N) is 3. The quantitative estimate of drug-likeness (QED) is 0.356. The van der Waals surface area contributed by atoms with Gasteiger partial charge in [0.25, 0.3) is 11.6 Å². The third-order valence-electron chi connectivity index (χ3n) is 6.31. The van der Waals surface area contributed by atoms with E-state index in [4.69, 9.17) is 9.83 Å². The first-order valence-electron chi connectivity index (χ1n) is 11.8. The summed E-state index contributed by atoms with van der Waals surface area (Å²) >= 11 is 0. The summed E-state index contributed by atoms with van der Waals surface area (Å²) in [6.07, 6.45) is 3.17. The molecule has 2 N–H and O–H groups in total. The van der Waals surface area contributed by atoms with E-state index in [9.17, 15) is 18.0 Å². The molecule has 0 saturated heterocycles. The van der Waals surface area contributed by atoms with E-state index in [1.807, 2.05) is 19.1 Å². The molecule has 1 fully saturated rings. The van der Waals surface area contributed by atoms with E-state index in [1.54, 1.807) is 24.5 Å². The Kier molecular flexibility index (Phi) is 6.41. The molecule has 4 aromatic rings. The highest BCUT2D eigenvalue weighted by atomic mass is 19.4. The number of aromatic nitrogens is 3. The first kappa shape index (κ1) is 24.5. The van der Waals surface area contributed by atoms with E-state index in [1.165, 1.54) is 29.2 Å². The topological polar surface area (TPSA) is 96.8 Å². The number of pyridine rings is 2. The molecular formula is C27H24F3N5O2. The minimum Gasteiger partial charge on any atom is -0.432 e. The number of carbonyl (C=O) groups is 1. The van der Waals surface area contributed by atoms with E-state index in [0.717, 1.165) is 30.2 Å². The molecule has 1 aliphatic carbocycles. The van der Waals surface area contributed by atoms with Crippen LogP contribution in [0.3, 0.4) is 0 Å². The van der Waals surface area contributed by atoms with E-state index < -0.39 is 17.6 Å². The Labute approximate surface area is 210 Å². The van der Waals surface area contributed by atoms with Gasteiger partial charge in [0.2, 0.25) is 0 Å². The maximum atomic E-state index is 13.8. The third-order valence-corrected chi connectivity index (χ3v) is 6.31. The predicted octanol–water partition coefficient (Wildman–Crippen LogP) is 5.27. The summed E-state index contributed by atoms with van der Waals surface area (Å²) in [4.78, 5) is 21.9. The molecule has 1 aromatic carbocycles. The molecular weight excluding hydrogens is 483 g/mol. The van der Waals surface area contributed by atoms with Crippen LogP contribution in [-0.4, -0.2) is 20.4 Å². The lowest BCUT2D eigenvalue weighted by Crippen LogP contribution is -2.30. The summed E-state index contributed by atoms with van der Waals surface area (Å²) in [5.41, 5.74) is 1.37. The van der Waals surface area contributed by atoms with Crippen LogP contribution < -0.4 is 11.0 Å². The number of aryl methyl sites for hydroxylation is 1. The molecule has 1 saturated carbocycles. The van der Waals surface area contributed by atoms with Crippen molar-refractivity contribution in [1.29, 1.82) is 5.41 Å². The van der Waals surface area contributed by atoms with E-state index in [2.05, 4.69) is 15.3 Å². The number of alkyl halides is 3. The summed E-state index contributed by atoms with van der Waals surface area (Å²) in [5.74, 6) is -0.169. The Morgan fingerprint density at radius 2 is 2.00 bits per heavy atom. The van der Waals surface area contributed by atoms with Gasteiger partial charge in [-0.15, -0.1) is 0 Å². The van der Waals surface area contributed by atoms with Crippen molar-refractivity contribution in [3.05, 3.63) is 101 Å². The second-order valence-corrected chi connectivity index (χ2v) is 9.20. The number of oxazole rings is 1. The molecule has 1 aliphatic rings. The molecule has 0 aliphatic heterocycles.